The Balaban J connectivity index is 2.09. The van der Waals surface area contributed by atoms with E-state index in [4.69, 9.17) is 16.2 Å². The number of hydrazone groups is 1. The number of nitrogens with one attached hydrogen (secondary N) is 1. The van der Waals surface area contributed by atoms with Crippen molar-refractivity contribution >= 4 is 17.4 Å². The van der Waals surface area contributed by atoms with Crippen LogP contribution in [-0.4, -0.2) is 38.0 Å². The molecule has 0 aliphatic carbocycles. The van der Waals surface area contributed by atoms with E-state index in [9.17, 15) is 0 Å². The van der Waals surface area contributed by atoms with Crippen molar-refractivity contribution in [2.45, 2.75) is 6.92 Å². The van der Waals surface area contributed by atoms with Crippen LogP contribution in [0.4, 0.5) is 5.69 Å². The highest BCUT2D eigenvalue weighted by Crippen LogP contribution is 2.16. The van der Waals surface area contributed by atoms with Crippen LogP contribution in [0.15, 0.2) is 29.4 Å². The van der Waals surface area contributed by atoms with Gasteiger partial charge in [-0.1, -0.05) is 12.1 Å². The number of rotatable bonds is 3. The molecule has 1 aliphatic rings. The third-order valence-corrected chi connectivity index (χ3v) is 3.01. The van der Waals surface area contributed by atoms with Crippen LogP contribution in [0.1, 0.15) is 12.5 Å². The third-order valence-electron chi connectivity index (χ3n) is 3.01. The minimum Gasteiger partial charge on any atom is -0.378 e. The fraction of sp³-hybridized carbons (Fsp3) is 0.385. The van der Waals surface area contributed by atoms with Crippen molar-refractivity contribution in [1.29, 1.82) is 0 Å². The SMILES string of the molecule is C/C(=N/[NH+]=C(N)N)c1ccc(N2CCOCC2)cc1. The first kappa shape index (κ1) is 13.4. The van der Waals surface area contributed by atoms with E-state index in [0.717, 1.165) is 37.6 Å². The molecule has 0 unspecified atom stereocenters. The van der Waals surface area contributed by atoms with Crippen molar-refractivity contribution in [3.8, 4) is 0 Å². The van der Waals surface area contributed by atoms with E-state index in [-0.39, 0.29) is 5.96 Å². The van der Waals surface area contributed by atoms with Crippen LogP contribution in [-0.2, 0) is 4.74 Å². The number of hydrogen-bond acceptors (Lipinski definition) is 3. The summed E-state index contributed by atoms with van der Waals surface area (Å²) in [7, 11) is 0. The van der Waals surface area contributed by atoms with Gasteiger partial charge < -0.3 is 9.64 Å². The molecule has 1 aromatic rings. The molecule has 0 bridgehead atoms. The molecular weight excluding hydrogens is 242 g/mol. The van der Waals surface area contributed by atoms with Crippen molar-refractivity contribution in [3.05, 3.63) is 29.8 Å². The molecule has 102 valence electrons. The van der Waals surface area contributed by atoms with Gasteiger partial charge in [0.05, 0.1) is 18.9 Å². The van der Waals surface area contributed by atoms with Crippen LogP contribution >= 0.6 is 0 Å². The standard InChI is InChI=1S/C13H19N5O/c1-10(16-17-13(14)15)11-2-4-12(5-3-11)18-6-8-19-9-7-18/h2-5H,6-9H2,1H3,(H4,14,15,17)/p+1/b16-10-. The molecule has 1 fully saturated rings. The van der Waals surface area contributed by atoms with Gasteiger partial charge in [-0.05, 0) is 24.6 Å². The summed E-state index contributed by atoms with van der Waals surface area (Å²) in [5, 5.41) is 6.64. The Morgan fingerprint density at radius 3 is 2.42 bits per heavy atom. The second-order valence-corrected chi connectivity index (χ2v) is 4.41. The monoisotopic (exact) mass is 262 g/mol. The average molecular weight is 262 g/mol. The Bertz CT molecular complexity index is 470. The summed E-state index contributed by atoms with van der Waals surface area (Å²) in [6.45, 7) is 5.36. The number of guanidine groups is 1. The highest BCUT2D eigenvalue weighted by Gasteiger charge is 2.10. The van der Waals surface area contributed by atoms with Gasteiger partial charge in [0.15, 0.2) is 0 Å². The van der Waals surface area contributed by atoms with E-state index < -0.39 is 0 Å². The fourth-order valence-electron chi connectivity index (χ4n) is 1.95. The smallest absolute Gasteiger partial charge is 0.362 e. The lowest BCUT2D eigenvalue weighted by molar-refractivity contribution is -0.464. The van der Waals surface area contributed by atoms with Gasteiger partial charge in [0.2, 0.25) is 0 Å². The summed E-state index contributed by atoms with van der Waals surface area (Å²) >= 11 is 0. The quantitative estimate of drug-likeness (QED) is 0.355. The molecule has 2 rings (SSSR count). The lowest BCUT2D eigenvalue weighted by Gasteiger charge is -2.28. The molecule has 0 amide bonds. The second-order valence-electron chi connectivity index (χ2n) is 4.41. The van der Waals surface area contributed by atoms with E-state index >= 15 is 0 Å². The fourth-order valence-corrected chi connectivity index (χ4v) is 1.95. The van der Waals surface area contributed by atoms with Crippen molar-refractivity contribution in [2.24, 2.45) is 16.6 Å². The van der Waals surface area contributed by atoms with E-state index in [1.54, 1.807) is 0 Å². The summed E-state index contributed by atoms with van der Waals surface area (Å²) in [4.78, 5) is 2.31. The molecule has 5 N–H and O–H groups in total. The number of morpholine rings is 1. The maximum atomic E-state index is 5.34. The van der Waals surface area contributed by atoms with Crippen molar-refractivity contribution in [1.82, 2.24) is 0 Å². The van der Waals surface area contributed by atoms with Crippen molar-refractivity contribution in [3.63, 3.8) is 0 Å². The third kappa shape index (κ3) is 3.69. The molecule has 6 nitrogen and oxygen atoms in total. The zero-order chi connectivity index (χ0) is 13.7. The van der Waals surface area contributed by atoms with E-state index in [1.807, 2.05) is 19.1 Å². The Kier molecular flexibility index (Phi) is 4.35. The van der Waals surface area contributed by atoms with Gasteiger partial charge in [0, 0.05) is 18.8 Å². The molecular formula is C13H20N5O+. The van der Waals surface area contributed by atoms with Gasteiger partial charge in [-0.15, -0.1) is 5.10 Å². The summed E-state index contributed by atoms with van der Waals surface area (Å²) in [5.41, 5.74) is 13.7. The summed E-state index contributed by atoms with van der Waals surface area (Å²) in [6, 6.07) is 8.26. The molecule has 0 aromatic heterocycles. The highest BCUT2D eigenvalue weighted by atomic mass is 16.5. The number of ether oxygens (including phenoxy) is 1. The molecule has 6 heteroatoms. The van der Waals surface area contributed by atoms with Crippen LogP contribution in [0.3, 0.4) is 0 Å². The van der Waals surface area contributed by atoms with E-state index in [2.05, 4.69) is 27.2 Å². The highest BCUT2D eigenvalue weighted by molar-refractivity contribution is 5.98. The number of nitrogens with two attached hydrogens (primary N) is 2. The van der Waals surface area contributed by atoms with Crippen LogP contribution in [0.25, 0.3) is 0 Å². The van der Waals surface area contributed by atoms with E-state index in [0.29, 0.717) is 0 Å². The van der Waals surface area contributed by atoms with Crippen molar-refractivity contribution < 1.29 is 9.84 Å². The molecule has 1 heterocycles. The number of hydrogen-bond donors (Lipinski definition) is 3. The summed E-state index contributed by atoms with van der Waals surface area (Å²) < 4.78 is 5.34. The molecule has 0 spiro atoms. The molecule has 0 saturated carbocycles. The first-order chi connectivity index (χ1) is 9.16. The number of anilines is 1. The Labute approximate surface area is 112 Å². The largest absolute Gasteiger partial charge is 0.378 e. The minimum atomic E-state index is 0.0873. The van der Waals surface area contributed by atoms with Crippen LogP contribution in [0, 0.1) is 0 Å². The van der Waals surface area contributed by atoms with Gasteiger partial charge in [-0.25, -0.2) is 0 Å². The van der Waals surface area contributed by atoms with Gasteiger partial charge in [0.1, 0.15) is 0 Å². The molecule has 1 aromatic carbocycles. The number of nitrogens with zero attached hydrogens (tertiary/aromatic N) is 2. The number of benzene rings is 1. The second kappa shape index (κ2) is 6.19. The first-order valence-corrected chi connectivity index (χ1v) is 6.28. The summed E-state index contributed by atoms with van der Waals surface area (Å²) in [6.07, 6.45) is 0. The van der Waals surface area contributed by atoms with Gasteiger partial charge in [-0.2, -0.15) is 5.10 Å². The first-order valence-electron chi connectivity index (χ1n) is 6.28. The molecule has 0 atom stereocenters. The zero-order valence-corrected chi connectivity index (χ0v) is 11.1. The van der Waals surface area contributed by atoms with Gasteiger partial charge >= 0.3 is 5.96 Å². The molecule has 19 heavy (non-hydrogen) atoms. The van der Waals surface area contributed by atoms with Crippen LogP contribution < -0.4 is 21.5 Å². The lowest BCUT2D eigenvalue weighted by Crippen LogP contribution is -2.72. The van der Waals surface area contributed by atoms with Crippen LogP contribution in [0.5, 0.6) is 0 Å². The Morgan fingerprint density at radius 2 is 1.84 bits per heavy atom. The van der Waals surface area contributed by atoms with Crippen LogP contribution in [0.2, 0.25) is 0 Å². The zero-order valence-electron chi connectivity index (χ0n) is 11.1. The van der Waals surface area contributed by atoms with Gasteiger partial charge in [-0.3, -0.25) is 11.5 Å². The Hall–Kier alpha value is -2.08. The molecule has 1 saturated heterocycles. The summed E-state index contributed by atoms with van der Waals surface area (Å²) in [5.74, 6) is 0.0873. The van der Waals surface area contributed by atoms with Crippen molar-refractivity contribution in [2.75, 3.05) is 31.2 Å². The molecule has 1 aliphatic heterocycles. The maximum absolute atomic E-state index is 5.34. The predicted octanol–water partition coefficient (Wildman–Crippen LogP) is -1.40. The predicted molar refractivity (Wildman–Crippen MR) is 76.0 cm³/mol. The minimum absolute atomic E-state index is 0.0873. The van der Waals surface area contributed by atoms with Gasteiger partial charge in [0.25, 0.3) is 0 Å². The lowest BCUT2D eigenvalue weighted by atomic mass is 10.1. The maximum Gasteiger partial charge on any atom is 0.362 e. The van der Waals surface area contributed by atoms with E-state index in [1.165, 1.54) is 5.69 Å². The average Bonchev–Trinajstić information content (AvgIpc) is 2.46. The normalized spacial score (nSPS) is 16.3. The Morgan fingerprint density at radius 1 is 1.21 bits per heavy atom. The topological polar surface area (TPSA) is 90.8 Å². The molecule has 0 radical (unpaired) electrons.